The molecule has 0 aliphatic heterocycles. The fourth-order valence-electron chi connectivity index (χ4n) is 1.35. The molecule has 0 amide bonds. The van der Waals surface area contributed by atoms with E-state index in [-0.39, 0.29) is 5.57 Å². The summed E-state index contributed by atoms with van der Waals surface area (Å²) in [6.45, 7) is 1.70. The van der Waals surface area contributed by atoms with Gasteiger partial charge in [0, 0.05) is 19.5 Å². The van der Waals surface area contributed by atoms with Crippen molar-refractivity contribution in [2.24, 2.45) is 0 Å². The van der Waals surface area contributed by atoms with Crippen LogP contribution in [0, 0.1) is 5.41 Å². The number of anilines is 1. The number of aliphatic carboxylic acids is 1. The highest BCUT2D eigenvalue weighted by Crippen LogP contribution is 2.15. The van der Waals surface area contributed by atoms with Crippen LogP contribution in [0.5, 0.6) is 0 Å². The predicted molar refractivity (Wildman–Crippen MR) is 67.8 cm³/mol. The molecule has 96 valence electrons. The first-order valence-electron chi connectivity index (χ1n) is 5.28. The van der Waals surface area contributed by atoms with E-state index in [1.54, 1.807) is 31.5 Å². The van der Waals surface area contributed by atoms with E-state index >= 15 is 0 Å². The Kier molecular flexibility index (Phi) is 5.01. The molecule has 0 aromatic carbocycles. The predicted octanol–water partition coefficient (Wildman–Crippen LogP) is 1.52. The molecule has 0 bridgehead atoms. The van der Waals surface area contributed by atoms with Crippen LogP contribution in [0.3, 0.4) is 0 Å². The SMILES string of the molecule is COC(C)/C(Nc1cccnc1)=C(/C=N)C(=O)O. The number of nitrogens with zero attached hydrogens (tertiary/aromatic N) is 1. The number of pyridine rings is 1. The molecule has 1 rings (SSSR count). The lowest BCUT2D eigenvalue weighted by Gasteiger charge is -2.18. The Labute approximate surface area is 105 Å². The van der Waals surface area contributed by atoms with Gasteiger partial charge in [0.2, 0.25) is 0 Å². The van der Waals surface area contributed by atoms with E-state index in [1.165, 1.54) is 7.11 Å². The molecule has 0 spiro atoms. The minimum atomic E-state index is -1.18. The quantitative estimate of drug-likeness (QED) is 0.524. The number of hydrogen-bond acceptors (Lipinski definition) is 5. The van der Waals surface area contributed by atoms with Crippen LogP contribution in [0.1, 0.15) is 6.92 Å². The van der Waals surface area contributed by atoms with Crippen LogP contribution in [-0.2, 0) is 9.53 Å². The van der Waals surface area contributed by atoms with Crippen LogP contribution < -0.4 is 5.32 Å². The van der Waals surface area contributed by atoms with Crippen LogP contribution in [0.15, 0.2) is 35.8 Å². The highest BCUT2D eigenvalue weighted by molar-refractivity contribution is 6.08. The molecule has 1 atom stereocenters. The van der Waals surface area contributed by atoms with Crippen molar-refractivity contribution in [3.8, 4) is 0 Å². The first-order valence-corrected chi connectivity index (χ1v) is 5.28. The topological polar surface area (TPSA) is 95.3 Å². The Bertz CT molecular complexity index is 457. The number of nitrogens with one attached hydrogen (secondary N) is 2. The van der Waals surface area contributed by atoms with Crippen molar-refractivity contribution < 1.29 is 14.6 Å². The van der Waals surface area contributed by atoms with E-state index in [9.17, 15) is 4.79 Å². The van der Waals surface area contributed by atoms with Gasteiger partial charge in [-0.25, -0.2) is 4.79 Å². The summed E-state index contributed by atoms with van der Waals surface area (Å²) in [5.41, 5.74) is 0.804. The summed E-state index contributed by atoms with van der Waals surface area (Å²) in [6, 6.07) is 3.47. The monoisotopic (exact) mass is 249 g/mol. The molecular weight excluding hydrogens is 234 g/mol. The Balaban J connectivity index is 3.14. The van der Waals surface area contributed by atoms with Crippen LogP contribution in [0.2, 0.25) is 0 Å². The number of rotatable bonds is 6. The van der Waals surface area contributed by atoms with Crippen molar-refractivity contribution in [2.75, 3.05) is 12.4 Å². The lowest BCUT2D eigenvalue weighted by atomic mass is 10.1. The molecule has 1 unspecified atom stereocenters. The van der Waals surface area contributed by atoms with E-state index in [2.05, 4.69) is 10.3 Å². The van der Waals surface area contributed by atoms with Gasteiger partial charge < -0.3 is 20.6 Å². The van der Waals surface area contributed by atoms with Gasteiger partial charge in [0.15, 0.2) is 0 Å². The third kappa shape index (κ3) is 3.39. The van der Waals surface area contributed by atoms with Gasteiger partial charge in [-0.1, -0.05) is 0 Å². The second kappa shape index (κ2) is 6.51. The number of carboxylic acids is 1. The highest BCUT2D eigenvalue weighted by Gasteiger charge is 2.18. The van der Waals surface area contributed by atoms with Crippen molar-refractivity contribution in [3.05, 3.63) is 35.8 Å². The lowest BCUT2D eigenvalue weighted by Crippen LogP contribution is -2.22. The third-order valence-electron chi connectivity index (χ3n) is 2.37. The number of ether oxygens (including phenoxy) is 1. The summed E-state index contributed by atoms with van der Waals surface area (Å²) in [4.78, 5) is 15.0. The van der Waals surface area contributed by atoms with Gasteiger partial charge in [-0.15, -0.1) is 0 Å². The molecule has 0 fully saturated rings. The van der Waals surface area contributed by atoms with Gasteiger partial charge >= 0.3 is 5.97 Å². The van der Waals surface area contributed by atoms with Crippen LogP contribution in [0.4, 0.5) is 5.69 Å². The van der Waals surface area contributed by atoms with Crippen LogP contribution in [0.25, 0.3) is 0 Å². The maximum Gasteiger partial charge on any atom is 0.339 e. The minimum Gasteiger partial charge on any atom is -0.478 e. The Morgan fingerprint density at radius 2 is 2.39 bits per heavy atom. The van der Waals surface area contributed by atoms with Gasteiger partial charge in [0.1, 0.15) is 0 Å². The number of hydrogen-bond donors (Lipinski definition) is 3. The number of methoxy groups -OCH3 is 1. The van der Waals surface area contributed by atoms with Crippen molar-refractivity contribution >= 4 is 17.9 Å². The van der Waals surface area contributed by atoms with Crippen molar-refractivity contribution in [2.45, 2.75) is 13.0 Å². The molecule has 0 aliphatic rings. The number of aromatic nitrogens is 1. The first-order chi connectivity index (χ1) is 8.60. The number of carbonyl (C=O) groups is 1. The van der Waals surface area contributed by atoms with E-state index in [0.29, 0.717) is 11.4 Å². The summed E-state index contributed by atoms with van der Waals surface area (Å²) in [7, 11) is 1.47. The van der Waals surface area contributed by atoms with E-state index in [4.69, 9.17) is 15.3 Å². The summed E-state index contributed by atoms with van der Waals surface area (Å²) in [6.07, 6.45) is 3.49. The molecule has 0 saturated heterocycles. The van der Waals surface area contributed by atoms with Gasteiger partial charge in [-0.3, -0.25) is 4.98 Å². The molecule has 6 heteroatoms. The maximum absolute atomic E-state index is 11.1. The van der Waals surface area contributed by atoms with Gasteiger partial charge in [-0.2, -0.15) is 0 Å². The summed E-state index contributed by atoms with van der Waals surface area (Å²) >= 11 is 0. The average Bonchev–Trinajstić information content (AvgIpc) is 2.38. The largest absolute Gasteiger partial charge is 0.478 e. The molecular formula is C12H15N3O3. The summed E-state index contributed by atoms with van der Waals surface area (Å²) in [5, 5.41) is 19.1. The molecule has 3 N–H and O–H groups in total. The van der Waals surface area contributed by atoms with E-state index < -0.39 is 12.1 Å². The van der Waals surface area contributed by atoms with E-state index in [0.717, 1.165) is 6.21 Å². The average molecular weight is 249 g/mol. The Hall–Kier alpha value is -2.21. The van der Waals surface area contributed by atoms with Gasteiger partial charge in [0.05, 0.1) is 29.3 Å². The fourth-order valence-corrected chi connectivity index (χ4v) is 1.35. The molecule has 18 heavy (non-hydrogen) atoms. The molecule has 0 radical (unpaired) electrons. The molecule has 1 heterocycles. The molecule has 0 saturated carbocycles. The second-order valence-corrected chi connectivity index (χ2v) is 3.52. The standard InChI is InChI=1S/C12H15N3O3/c1-8(18-2)11(10(6-13)12(16)17)15-9-4-3-5-14-7-9/h3-8,13,15H,1-2H3,(H,16,17)/b11-10+,13-6?. The zero-order chi connectivity index (χ0) is 13.5. The van der Waals surface area contributed by atoms with Gasteiger partial charge in [0.25, 0.3) is 0 Å². The third-order valence-corrected chi connectivity index (χ3v) is 2.37. The van der Waals surface area contributed by atoms with Crippen molar-refractivity contribution in [1.29, 1.82) is 5.41 Å². The molecule has 1 aromatic heterocycles. The highest BCUT2D eigenvalue weighted by atomic mass is 16.5. The van der Waals surface area contributed by atoms with Gasteiger partial charge in [-0.05, 0) is 19.1 Å². The smallest absolute Gasteiger partial charge is 0.339 e. The van der Waals surface area contributed by atoms with Crippen LogP contribution in [-0.4, -0.2) is 35.5 Å². The zero-order valence-corrected chi connectivity index (χ0v) is 10.2. The molecule has 6 nitrogen and oxygen atoms in total. The van der Waals surface area contributed by atoms with E-state index in [1.807, 2.05) is 0 Å². The lowest BCUT2D eigenvalue weighted by molar-refractivity contribution is -0.132. The molecule has 0 aliphatic carbocycles. The fraction of sp³-hybridized carbons (Fsp3) is 0.250. The zero-order valence-electron chi connectivity index (χ0n) is 10.2. The second-order valence-electron chi connectivity index (χ2n) is 3.52. The molecule has 1 aromatic rings. The van der Waals surface area contributed by atoms with Crippen LogP contribution >= 0.6 is 0 Å². The minimum absolute atomic E-state index is 0.145. The summed E-state index contributed by atoms with van der Waals surface area (Å²) < 4.78 is 5.11. The normalized spacial score (nSPS) is 13.4. The summed E-state index contributed by atoms with van der Waals surface area (Å²) in [5.74, 6) is -1.18. The van der Waals surface area contributed by atoms with Crippen molar-refractivity contribution in [3.63, 3.8) is 0 Å². The Morgan fingerprint density at radius 1 is 1.67 bits per heavy atom. The maximum atomic E-state index is 11.1. The van der Waals surface area contributed by atoms with Crippen molar-refractivity contribution in [1.82, 2.24) is 4.98 Å². The Morgan fingerprint density at radius 3 is 2.83 bits per heavy atom. The number of carboxylic acid groups (broad SMARTS) is 1. The first kappa shape index (κ1) is 13.9.